The standard InChI is InChI=1S/C22H16Cl2N2O3S/c1-12-18(21(28)29-2)19(14-8-4-6-10-16(14)24)26-20(27)17(30-22(26)25-12)11-13-7-3-5-9-15(13)23/h3-11,19H,1-2H3/b17-11-. The molecule has 152 valence electrons. The summed E-state index contributed by atoms with van der Waals surface area (Å²) in [6, 6.07) is 13.6. The van der Waals surface area contributed by atoms with Gasteiger partial charge in [-0.1, -0.05) is 70.9 Å². The van der Waals surface area contributed by atoms with Crippen molar-refractivity contribution in [3.05, 3.63) is 101 Å². The fourth-order valence-corrected chi connectivity index (χ4v) is 4.88. The van der Waals surface area contributed by atoms with Crippen molar-refractivity contribution >= 4 is 46.6 Å². The van der Waals surface area contributed by atoms with E-state index in [1.165, 1.54) is 23.0 Å². The molecule has 2 aromatic carbocycles. The van der Waals surface area contributed by atoms with Crippen molar-refractivity contribution in [1.82, 2.24) is 4.57 Å². The molecule has 5 nitrogen and oxygen atoms in total. The number of hydrogen-bond acceptors (Lipinski definition) is 5. The molecule has 1 aromatic heterocycles. The van der Waals surface area contributed by atoms with E-state index in [-0.39, 0.29) is 11.1 Å². The molecule has 0 radical (unpaired) electrons. The lowest BCUT2D eigenvalue weighted by Gasteiger charge is -2.25. The number of rotatable bonds is 3. The summed E-state index contributed by atoms with van der Waals surface area (Å²) < 4.78 is 6.94. The number of thiazole rings is 1. The van der Waals surface area contributed by atoms with Crippen LogP contribution in [-0.4, -0.2) is 17.6 Å². The Morgan fingerprint density at radius 1 is 1.13 bits per heavy atom. The van der Waals surface area contributed by atoms with Crippen LogP contribution in [0.2, 0.25) is 10.0 Å². The third kappa shape index (κ3) is 3.51. The number of nitrogens with zero attached hydrogens (tertiary/aromatic N) is 2. The Balaban J connectivity index is 2.03. The summed E-state index contributed by atoms with van der Waals surface area (Å²) in [7, 11) is 1.30. The quantitative estimate of drug-likeness (QED) is 0.561. The highest BCUT2D eigenvalue weighted by Crippen LogP contribution is 2.34. The van der Waals surface area contributed by atoms with Crippen LogP contribution in [0.25, 0.3) is 6.08 Å². The Kier molecular flexibility index (Phi) is 5.64. The Morgan fingerprint density at radius 2 is 1.80 bits per heavy atom. The van der Waals surface area contributed by atoms with E-state index in [1.807, 2.05) is 24.3 Å². The van der Waals surface area contributed by atoms with E-state index in [1.54, 1.807) is 37.3 Å². The predicted octanol–water partition coefficient (Wildman–Crippen LogP) is 3.72. The number of benzene rings is 2. The van der Waals surface area contributed by atoms with Crippen LogP contribution < -0.4 is 14.9 Å². The van der Waals surface area contributed by atoms with Gasteiger partial charge in [-0.2, -0.15) is 0 Å². The van der Waals surface area contributed by atoms with Crippen LogP contribution >= 0.6 is 34.5 Å². The van der Waals surface area contributed by atoms with Crippen LogP contribution in [0.5, 0.6) is 0 Å². The van der Waals surface area contributed by atoms with E-state index < -0.39 is 12.0 Å². The van der Waals surface area contributed by atoms with Gasteiger partial charge < -0.3 is 4.74 Å². The smallest absolute Gasteiger partial charge is 0.338 e. The number of fused-ring (bicyclic) bond motifs is 1. The minimum atomic E-state index is -0.740. The van der Waals surface area contributed by atoms with Gasteiger partial charge in [0, 0.05) is 10.0 Å². The van der Waals surface area contributed by atoms with Gasteiger partial charge in [0.1, 0.15) is 6.04 Å². The molecule has 0 saturated heterocycles. The van der Waals surface area contributed by atoms with Crippen molar-refractivity contribution in [1.29, 1.82) is 0 Å². The van der Waals surface area contributed by atoms with Crippen molar-refractivity contribution in [2.45, 2.75) is 13.0 Å². The van der Waals surface area contributed by atoms with Gasteiger partial charge in [-0.3, -0.25) is 9.36 Å². The van der Waals surface area contributed by atoms with E-state index in [4.69, 9.17) is 27.9 Å². The van der Waals surface area contributed by atoms with Crippen LogP contribution in [0, 0.1) is 0 Å². The molecule has 1 aliphatic heterocycles. The second kappa shape index (κ2) is 8.22. The molecule has 1 atom stereocenters. The number of hydrogen-bond donors (Lipinski definition) is 0. The summed E-state index contributed by atoms with van der Waals surface area (Å²) in [5, 5.41) is 0.983. The number of allylic oxidation sites excluding steroid dienone is 1. The van der Waals surface area contributed by atoms with E-state index in [2.05, 4.69) is 4.99 Å². The molecule has 0 amide bonds. The van der Waals surface area contributed by atoms with Gasteiger partial charge in [0.15, 0.2) is 4.80 Å². The van der Waals surface area contributed by atoms with Crippen molar-refractivity contribution in [2.75, 3.05) is 7.11 Å². The molecule has 0 fully saturated rings. The molecule has 1 unspecified atom stereocenters. The van der Waals surface area contributed by atoms with E-state index in [0.717, 1.165) is 5.56 Å². The maximum atomic E-state index is 13.4. The van der Waals surface area contributed by atoms with Crippen molar-refractivity contribution in [3.8, 4) is 0 Å². The van der Waals surface area contributed by atoms with Crippen molar-refractivity contribution in [2.24, 2.45) is 4.99 Å². The third-order valence-corrected chi connectivity index (χ3v) is 6.49. The van der Waals surface area contributed by atoms with E-state index in [0.29, 0.717) is 30.6 Å². The molecule has 3 aromatic rings. The van der Waals surface area contributed by atoms with Gasteiger partial charge in [-0.15, -0.1) is 0 Å². The van der Waals surface area contributed by atoms with E-state index in [9.17, 15) is 9.59 Å². The summed E-state index contributed by atoms with van der Waals surface area (Å²) >= 11 is 13.9. The minimum Gasteiger partial charge on any atom is -0.466 e. The van der Waals surface area contributed by atoms with Gasteiger partial charge in [0.2, 0.25) is 0 Å². The normalized spacial score (nSPS) is 16.3. The van der Waals surface area contributed by atoms with Crippen molar-refractivity contribution < 1.29 is 9.53 Å². The molecule has 0 saturated carbocycles. The average Bonchev–Trinajstić information content (AvgIpc) is 3.03. The molecule has 8 heteroatoms. The highest BCUT2D eigenvalue weighted by Gasteiger charge is 2.34. The lowest BCUT2D eigenvalue weighted by atomic mass is 9.96. The molecule has 4 rings (SSSR count). The van der Waals surface area contributed by atoms with Crippen LogP contribution in [0.15, 0.2) is 69.6 Å². The molecule has 0 spiro atoms. The first-order valence-electron chi connectivity index (χ1n) is 9.02. The average molecular weight is 459 g/mol. The fourth-order valence-electron chi connectivity index (χ4n) is 3.42. The lowest BCUT2D eigenvalue weighted by molar-refractivity contribution is -0.136. The number of carbonyl (C=O) groups excluding carboxylic acids is 1. The van der Waals surface area contributed by atoms with Crippen LogP contribution in [-0.2, 0) is 9.53 Å². The van der Waals surface area contributed by atoms with Gasteiger partial charge in [-0.05, 0) is 36.3 Å². The maximum absolute atomic E-state index is 13.4. The van der Waals surface area contributed by atoms with Crippen molar-refractivity contribution in [3.63, 3.8) is 0 Å². The highest BCUT2D eigenvalue weighted by molar-refractivity contribution is 7.07. The first-order valence-corrected chi connectivity index (χ1v) is 10.6. The van der Waals surface area contributed by atoms with Gasteiger partial charge in [0.05, 0.1) is 22.9 Å². The second-order valence-electron chi connectivity index (χ2n) is 6.62. The van der Waals surface area contributed by atoms with Gasteiger partial charge >= 0.3 is 5.97 Å². The molecule has 0 N–H and O–H groups in total. The number of esters is 1. The van der Waals surface area contributed by atoms with Crippen LogP contribution in [0.3, 0.4) is 0 Å². The molecule has 30 heavy (non-hydrogen) atoms. The fraction of sp³-hybridized carbons (Fsp3) is 0.136. The third-order valence-electron chi connectivity index (χ3n) is 4.82. The summed E-state index contributed by atoms with van der Waals surface area (Å²) in [4.78, 5) is 31.0. The number of carbonyl (C=O) groups is 1. The Bertz CT molecular complexity index is 1370. The number of aromatic nitrogens is 1. The number of methoxy groups -OCH3 is 1. The Hall–Kier alpha value is -2.67. The summed E-state index contributed by atoms with van der Waals surface area (Å²) in [6.45, 7) is 1.72. The SMILES string of the molecule is COC(=O)C1=C(C)N=c2s/c(=C\c3ccccc3Cl)c(=O)n2C1c1ccccc1Cl. The zero-order valence-electron chi connectivity index (χ0n) is 16.1. The molecule has 1 aliphatic rings. The van der Waals surface area contributed by atoms with Crippen LogP contribution in [0.1, 0.15) is 24.1 Å². The first kappa shape index (κ1) is 20.6. The minimum absolute atomic E-state index is 0.280. The molecular formula is C22H16Cl2N2O3S. The predicted molar refractivity (Wildman–Crippen MR) is 119 cm³/mol. The summed E-state index contributed by atoms with van der Waals surface area (Å²) in [5.41, 5.74) is 1.83. The first-order chi connectivity index (χ1) is 14.4. The molecule has 2 heterocycles. The Morgan fingerprint density at radius 3 is 2.47 bits per heavy atom. The summed E-state index contributed by atoms with van der Waals surface area (Å²) in [5.74, 6) is -0.554. The molecular weight excluding hydrogens is 443 g/mol. The lowest BCUT2D eigenvalue weighted by Crippen LogP contribution is -2.39. The maximum Gasteiger partial charge on any atom is 0.338 e. The van der Waals surface area contributed by atoms with Gasteiger partial charge in [-0.25, -0.2) is 9.79 Å². The zero-order valence-corrected chi connectivity index (χ0v) is 18.4. The summed E-state index contributed by atoms with van der Waals surface area (Å²) in [6.07, 6.45) is 1.73. The van der Waals surface area contributed by atoms with Gasteiger partial charge in [0.25, 0.3) is 5.56 Å². The monoisotopic (exact) mass is 458 g/mol. The zero-order chi connectivity index (χ0) is 21.4. The number of halogens is 2. The largest absolute Gasteiger partial charge is 0.466 e. The second-order valence-corrected chi connectivity index (χ2v) is 8.44. The highest BCUT2D eigenvalue weighted by atomic mass is 35.5. The molecule has 0 bridgehead atoms. The van der Waals surface area contributed by atoms with E-state index >= 15 is 0 Å². The Labute approximate surface area is 186 Å². The topological polar surface area (TPSA) is 60.7 Å². The number of ether oxygens (including phenoxy) is 1. The molecule has 0 aliphatic carbocycles. The van der Waals surface area contributed by atoms with Crippen LogP contribution in [0.4, 0.5) is 0 Å².